The molecular weight excluding hydrogens is 148 g/mol. The summed E-state index contributed by atoms with van der Waals surface area (Å²) < 4.78 is 4.95. The molecule has 1 rings (SSSR count). The maximum Gasteiger partial charge on any atom is 0.189 e. The van der Waals surface area contributed by atoms with Crippen LogP contribution in [0.15, 0.2) is 0 Å². The summed E-state index contributed by atoms with van der Waals surface area (Å²) >= 11 is 0. The molecule has 0 saturated carbocycles. The van der Waals surface area contributed by atoms with Crippen molar-refractivity contribution in [1.29, 1.82) is 0 Å². The van der Waals surface area contributed by atoms with Gasteiger partial charge in [0.2, 0.25) is 0 Å². The van der Waals surface area contributed by atoms with Crippen molar-refractivity contribution in [2.24, 2.45) is 0 Å². The molecular formula is C7H14O4. The summed E-state index contributed by atoms with van der Waals surface area (Å²) in [5.74, 6) is -1.52. The van der Waals surface area contributed by atoms with E-state index in [1.54, 1.807) is 6.92 Å². The van der Waals surface area contributed by atoms with Crippen LogP contribution in [-0.2, 0) is 4.74 Å². The van der Waals surface area contributed by atoms with E-state index < -0.39 is 24.1 Å². The molecule has 1 aliphatic rings. The van der Waals surface area contributed by atoms with Crippen LogP contribution >= 0.6 is 0 Å². The fourth-order valence-electron chi connectivity index (χ4n) is 1.17. The lowest BCUT2D eigenvalue weighted by molar-refractivity contribution is -0.306. The fourth-order valence-corrected chi connectivity index (χ4v) is 1.17. The van der Waals surface area contributed by atoms with E-state index in [1.165, 1.54) is 6.92 Å². The summed E-state index contributed by atoms with van der Waals surface area (Å²) in [7, 11) is 0. The van der Waals surface area contributed by atoms with Crippen LogP contribution in [0, 0.1) is 0 Å². The maximum absolute atomic E-state index is 9.35. The van der Waals surface area contributed by atoms with Gasteiger partial charge in [-0.05, 0) is 13.8 Å². The molecule has 0 radical (unpaired) electrons. The van der Waals surface area contributed by atoms with Crippen molar-refractivity contribution in [3.05, 3.63) is 0 Å². The minimum Gasteiger partial charge on any atom is -0.390 e. The second kappa shape index (κ2) is 2.71. The number of hydrogen-bond acceptors (Lipinski definition) is 4. The quantitative estimate of drug-likeness (QED) is 0.437. The van der Waals surface area contributed by atoms with Crippen molar-refractivity contribution in [1.82, 2.24) is 0 Å². The molecule has 0 aromatic carbocycles. The zero-order valence-electron chi connectivity index (χ0n) is 6.69. The van der Waals surface area contributed by atoms with Crippen LogP contribution in [-0.4, -0.2) is 39.4 Å². The smallest absolute Gasteiger partial charge is 0.189 e. The molecule has 4 heteroatoms. The molecule has 0 bridgehead atoms. The molecule has 1 unspecified atom stereocenters. The van der Waals surface area contributed by atoms with E-state index in [0.717, 1.165) is 0 Å². The zero-order chi connectivity index (χ0) is 8.65. The molecule has 1 heterocycles. The highest BCUT2D eigenvalue weighted by Gasteiger charge is 2.41. The first-order valence-electron chi connectivity index (χ1n) is 3.70. The number of aliphatic hydroxyl groups excluding tert-OH is 2. The van der Waals surface area contributed by atoms with E-state index in [0.29, 0.717) is 0 Å². The van der Waals surface area contributed by atoms with E-state index in [1.807, 2.05) is 0 Å². The van der Waals surface area contributed by atoms with Gasteiger partial charge in [0.1, 0.15) is 6.10 Å². The van der Waals surface area contributed by atoms with Crippen LogP contribution < -0.4 is 0 Å². The number of aliphatic hydroxyl groups is 3. The topological polar surface area (TPSA) is 69.9 Å². The van der Waals surface area contributed by atoms with Gasteiger partial charge in [-0.2, -0.15) is 0 Å². The standard InChI is InChI=1S/C7H14O4/c1-4-5(8)3-6(9)7(2,10)11-4/h4-6,8-10H,3H2,1-2H3/t4-,5-,6?,7-/m1/s1. The normalized spacial score (nSPS) is 52.6. The average Bonchev–Trinajstić information content (AvgIpc) is 1.83. The highest BCUT2D eigenvalue weighted by Crippen LogP contribution is 2.26. The average molecular weight is 162 g/mol. The summed E-state index contributed by atoms with van der Waals surface area (Å²) in [5, 5.41) is 27.7. The van der Waals surface area contributed by atoms with Gasteiger partial charge in [-0.25, -0.2) is 0 Å². The third-order valence-corrected chi connectivity index (χ3v) is 2.05. The first kappa shape index (κ1) is 8.93. The Labute approximate surface area is 65.4 Å². The second-order valence-electron chi connectivity index (χ2n) is 3.20. The molecule has 4 nitrogen and oxygen atoms in total. The van der Waals surface area contributed by atoms with Gasteiger partial charge in [-0.3, -0.25) is 0 Å². The number of rotatable bonds is 0. The first-order valence-corrected chi connectivity index (χ1v) is 3.70. The highest BCUT2D eigenvalue weighted by molar-refractivity contribution is 4.84. The van der Waals surface area contributed by atoms with E-state index in [-0.39, 0.29) is 6.42 Å². The summed E-state index contributed by atoms with van der Waals surface area (Å²) in [6, 6.07) is 0. The van der Waals surface area contributed by atoms with Crippen LogP contribution in [0.1, 0.15) is 20.3 Å². The van der Waals surface area contributed by atoms with Gasteiger partial charge >= 0.3 is 0 Å². The minimum atomic E-state index is -1.52. The van der Waals surface area contributed by atoms with E-state index in [4.69, 9.17) is 4.74 Å². The molecule has 1 fully saturated rings. The molecule has 0 aliphatic carbocycles. The lowest BCUT2D eigenvalue weighted by atomic mass is 9.97. The molecule has 0 amide bonds. The molecule has 0 aromatic heterocycles. The van der Waals surface area contributed by atoms with Crippen LogP contribution in [0.25, 0.3) is 0 Å². The van der Waals surface area contributed by atoms with Crippen LogP contribution in [0.4, 0.5) is 0 Å². The Morgan fingerprint density at radius 2 is 2.00 bits per heavy atom. The largest absolute Gasteiger partial charge is 0.390 e. The summed E-state index contributed by atoms with van der Waals surface area (Å²) in [5.41, 5.74) is 0. The Morgan fingerprint density at radius 3 is 2.45 bits per heavy atom. The molecule has 0 aromatic rings. The third kappa shape index (κ3) is 1.70. The van der Waals surface area contributed by atoms with Gasteiger partial charge < -0.3 is 20.1 Å². The Bertz CT molecular complexity index is 145. The molecule has 11 heavy (non-hydrogen) atoms. The van der Waals surface area contributed by atoms with Gasteiger partial charge in [0.15, 0.2) is 5.79 Å². The zero-order valence-corrected chi connectivity index (χ0v) is 6.69. The van der Waals surface area contributed by atoms with Crippen molar-refractivity contribution in [3.63, 3.8) is 0 Å². The van der Waals surface area contributed by atoms with Gasteiger partial charge in [0.05, 0.1) is 12.2 Å². The summed E-state index contributed by atoms with van der Waals surface area (Å²) in [6.45, 7) is 3.05. The van der Waals surface area contributed by atoms with Gasteiger partial charge in [0.25, 0.3) is 0 Å². The van der Waals surface area contributed by atoms with E-state index >= 15 is 0 Å². The predicted molar refractivity (Wildman–Crippen MR) is 37.8 cm³/mol. The SMILES string of the molecule is C[C@H]1O[C@@](C)(O)C(O)C[C@H]1O. The lowest BCUT2D eigenvalue weighted by Crippen LogP contribution is -2.53. The van der Waals surface area contributed by atoms with Crippen LogP contribution in [0.5, 0.6) is 0 Å². The maximum atomic E-state index is 9.35. The van der Waals surface area contributed by atoms with Crippen molar-refractivity contribution < 1.29 is 20.1 Å². The van der Waals surface area contributed by atoms with Gasteiger partial charge in [-0.15, -0.1) is 0 Å². The third-order valence-electron chi connectivity index (χ3n) is 2.05. The Kier molecular flexibility index (Phi) is 2.20. The van der Waals surface area contributed by atoms with Crippen molar-refractivity contribution >= 4 is 0 Å². The molecule has 1 saturated heterocycles. The molecule has 1 aliphatic heterocycles. The van der Waals surface area contributed by atoms with Crippen LogP contribution in [0.3, 0.4) is 0 Å². The Balaban J connectivity index is 2.63. The molecule has 0 spiro atoms. The monoisotopic (exact) mass is 162 g/mol. The number of ether oxygens (including phenoxy) is 1. The van der Waals surface area contributed by atoms with Gasteiger partial charge in [-0.1, -0.05) is 0 Å². The van der Waals surface area contributed by atoms with E-state index in [9.17, 15) is 15.3 Å². The molecule has 66 valence electrons. The molecule has 4 atom stereocenters. The summed E-state index contributed by atoms with van der Waals surface area (Å²) in [4.78, 5) is 0. The Morgan fingerprint density at radius 1 is 1.45 bits per heavy atom. The second-order valence-corrected chi connectivity index (χ2v) is 3.20. The van der Waals surface area contributed by atoms with Crippen molar-refractivity contribution in [3.8, 4) is 0 Å². The van der Waals surface area contributed by atoms with Crippen LogP contribution in [0.2, 0.25) is 0 Å². The van der Waals surface area contributed by atoms with Crippen molar-refractivity contribution in [2.45, 2.75) is 44.4 Å². The number of hydrogen-bond donors (Lipinski definition) is 3. The lowest BCUT2D eigenvalue weighted by Gasteiger charge is -2.39. The highest BCUT2D eigenvalue weighted by atomic mass is 16.6. The van der Waals surface area contributed by atoms with E-state index in [2.05, 4.69) is 0 Å². The van der Waals surface area contributed by atoms with Crippen molar-refractivity contribution in [2.75, 3.05) is 0 Å². The first-order chi connectivity index (χ1) is 4.93. The Hall–Kier alpha value is -0.160. The predicted octanol–water partition coefficient (Wildman–Crippen LogP) is -0.775. The summed E-state index contributed by atoms with van der Waals surface area (Å²) in [6.07, 6.45) is -1.96. The molecule has 3 N–H and O–H groups in total. The van der Waals surface area contributed by atoms with Gasteiger partial charge in [0, 0.05) is 6.42 Å². The fraction of sp³-hybridized carbons (Fsp3) is 1.00. The minimum absolute atomic E-state index is 0.161.